The highest BCUT2D eigenvalue weighted by molar-refractivity contribution is 5.24. The summed E-state index contributed by atoms with van der Waals surface area (Å²) in [6.07, 6.45) is 3.63. The molecule has 0 bridgehead atoms. The molecule has 1 aromatic carbocycles. The quantitative estimate of drug-likeness (QED) is 0.834. The second kappa shape index (κ2) is 6.50. The van der Waals surface area contributed by atoms with E-state index in [2.05, 4.69) is 65.5 Å². The van der Waals surface area contributed by atoms with Crippen molar-refractivity contribution in [3.05, 3.63) is 53.6 Å². The number of likely N-dealkylation sites (N-methyl/N-ethyl adjacent to an activating group) is 1. The van der Waals surface area contributed by atoms with Crippen molar-refractivity contribution in [2.24, 2.45) is 0 Å². The number of hydrogen-bond acceptors (Lipinski definition) is 3. The molecule has 1 unspecified atom stereocenters. The molecule has 0 saturated carbocycles. The first-order valence-corrected chi connectivity index (χ1v) is 6.59. The summed E-state index contributed by atoms with van der Waals surface area (Å²) < 4.78 is 0. The topological polar surface area (TPSA) is 44.0 Å². The van der Waals surface area contributed by atoms with E-state index in [0.29, 0.717) is 6.04 Å². The van der Waals surface area contributed by atoms with Crippen molar-refractivity contribution < 1.29 is 0 Å². The SMILES string of the molecule is Cc1ccc(C(CNCc2ncc[nH]2)N(C)C)cc1. The van der Waals surface area contributed by atoms with Crippen LogP contribution < -0.4 is 5.32 Å². The van der Waals surface area contributed by atoms with Crippen molar-refractivity contribution in [2.45, 2.75) is 19.5 Å². The Morgan fingerprint density at radius 3 is 2.58 bits per heavy atom. The summed E-state index contributed by atoms with van der Waals surface area (Å²) in [6, 6.07) is 9.11. The van der Waals surface area contributed by atoms with Gasteiger partial charge in [-0.3, -0.25) is 0 Å². The van der Waals surface area contributed by atoms with Crippen LogP contribution in [0.15, 0.2) is 36.7 Å². The van der Waals surface area contributed by atoms with Crippen LogP contribution in [0, 0.1) is 6.92 Å². The molecule has 0 aliphatic rings. The number of nitrogens with one attached hydrogen (secondary N) is 2. The van der Waals surface area contributed by atoms with E-state index in [1.54, 1.807) is 6.20 Å². The third kappa shape index (κ3) is 3.91. The van der Waals surface area contributed by atoms with Gasteiger partial charge in [-0.05, 0) is 26.6 Å². The molecule has 102 valence electrons. The minimum absolute atomic E-state index is 0.371. The maximum absolute atomic E-state index is 4.21. The Balaban J connectivity index is 1.94. The van der Waals surface area contributed by atoms with Crippen LogP contribution in [0.5, 0.6) is 0 Å². The summed E-state index contributed by atoms with van der Waals surface area (Å²) in [5.41, 5.74) is 2.63. The second-order valence-corrected chi connectivity index (χ2v) is 5.06. The first kappa shape index (κ1) is 13.8. The monoisotopic (exact) mass is 258 g/mol. The van der Waals surface area contributed by atoms with E-state index >= 15 is 0 Å². The van der Waals surface area contributed by atoms with E-state index in [1.807, 2.05) is 6.20 Å². The maximum atomic E-state index is 4.21. The zero-order chi connectivity index (χ0) is 13.7. The Labute approximate surface area is 114 Å². The molecule has 0 spiro atoms. The molecule has 4 heteroatoms. The molecule has 1 aromatic heterocycles. The van der Waals surface area contributed by atoms with Gasteiger partial charge in [-0.1, -0.05) is 29.8 Å². The van der Waals surface area contributed by atoms with Crippen LogP contribution in [0.2, 0.25) is 0 Å². The summed E-state index contributed by atoms with van der Waals surface area (Å²) in [6.45, 7) is 3.78. The van der Waals surface area contributed by atoms with E-state index in [0.717, 1.165) is 18.9 Å². The molecule has 0 fully saturated rings. The molecule has 4 nitrogen and oxygen atoms in total. The van der Waals surface area contributed by atoms with E-state index in [-0.39, 0.29) is 0 Å². The second-order valence-electron chi connectivity index (χ2n) is 5.06. The summed E-state index contributed by atoms with van der Waals surface area (Å²) >= 11 is 0. The fourth-order valence-corrected chi connectivity index (χ4v) is 2.11. The van der Waals surface area contributed by atoms with Crippen LogP contribution in [0.25, 0.3) is 0 Å². The highest BCUT2D eigenvalue weighted by atomic mass is 15.1. The van der Waals surface area contributed by atoms with Crippen LogP contribution in [0.1, 0.15) is 23.0 Å². The van der Waals surface area contributed by atoms with Gasteiger partial charge in [-0.25, -0.2) is 4.98 Å². The Morgan fingerprint density at radius 2 is 2.00 bits per heavy atom. The van der Waals surface area contributed by atoms with Gasteiger partial charge in [-0.2, -0.15) is 0 Å². The van der Waals surface area contributed by atoms with Gasteiger partial charge >= 0.3 is 0 Å². The van der Waals surface area contributed by atoms with Crippen molar-refractivity contribution >= 4 is 0 Å². The largest absolute Gasteiger partial charge is 0.348 e. The van der Waals surface area contributed by atoms with Gasteiger partial charge in [0, 0.05) is 25.0 Å². The van der Waals surface area contributed by atoms with E-state index in [4.69, 9.17) is 0 Å². The molecular formula is C15H22N4. The van der Waals surface area contributed by atoms with E-state index < -0.39 is 0 Å². The molecule has 0 aliphatic heterocycles. The fraction of sp³-hybridized carbons (Fsp3) is 0.400. The fourth-order valence-electron chi connectivity index (χ4n) is 2.11. The summed E-state index contributed by atoms with van der Waals surface area (Å²) in [5.74, 6) is 0.974. The lowest BCUT2D eigenvalue weighted by atomic mass is 10.0. The van der Waals surface area contributed by atoms with Crippen LogP contribution in [-0.2, 0) is 6.54 Å². The Hall–Kier alpha value is -1.65. The van der Waals surface area contributed by atoms with Gasteiger partial charge in [0.05, 0.1) is 6.54 Å². The van der Waals surface area contributed by atoms with E-state index in [9.17, 15) is 0 Å². The molecule has 0 amide bonds. The third-order valence-corrected chi connectivity index (χ3v) is 3.27. The van der Waals surface area contributed by atoms with Gasteiger partial charge in [0.25, 0.3) is 0 Å². The molecule has 2 rings (SSSR count). The Bertz CT molecular complexity index is 473. The van der Waals surface area contributed by atoms with Crippen LogP contribution in [0.3, 0.4) is 0 Å². The zero-order valence-corrected chi connectivity index (χ0v) is 11.9. The number of benzene rings is 1. The predicted octanol–water partition coefficient (Wildman–Crippen LogP) is 2.11. The van der Waals surface area contributed by atoms with Gasteiger partial charge in [0.1, 0.15) is 5.82 Å². The van der Waals surface area contributed by atoms with Crippen molar-refractivity contribution in [2.75, 3.05) is 20.6 Å². The number of aromatic amines is 1. The number of aryl methyl sites for hydroxylation is 1. The first-order valence-electron chi connectivity index (χ1n) is 6.59. The van der Waals surface area contributed by atoms with Gasteiger partial charge in [0.15, 0.2) is 0 Å². The normalized spacial score (nSPS) is 12.8. The predicted molar refractivity (Wildman–Crippen MR) is 77.9 cm³/mol. The highest BCUT2D eigenvalue weighted by Gasteiger charge is 2.13. The molecule has 1 heterocycles. The lowest BCUT2D eigenvalue weighted by Gasteiger charge is -2.25. The minimum atomic E-state index is 0.371. The zero-order valence-electron chi connectivity index (χ0n) is 11.9. The molecule has 0 radical (unpaired) electrons. The smallest absolute Gasteiger partial charge is 0.120 e. The summed E-state index contributed by atoms with van der Waals surface area (Å²) in [7, 11) is 4.22. The van der Waals surface area contributed by atoms with Crippen molar-refractivity contribution in [3.63, 3.8) is 0 Å². The molecule has 0 saturated heterocycles. The lowest BCUT2D eigenvalue weighted by molar-refractivity contribution is 0.287. The molecular weight excluding hydrogens is 236 g/mol. The average molecular weight is 258 g/mol. The lowest BCUT2D eigenvalue weighted by Crippen LogP contribution is -2.31. The average Bonchev–Trinajstić information content (AvgIpc) is 2.89. The first-order chi connectivity index (χ1) is 9.16. The Kier molecular flexibility index (Phi) is 4.71. The number of hydrogen-bond donors (Lipinski definition) is 2. The maximum Gasteiger partial charge on any atom is 0.120 e. The minimum Gasteiger partial charge on any atom is -0.348 e. The number of imidazole rings is 1. The number of H-pyrrole nitrogens is 1. The standard InChI is InChI=1S/C15H22N4/c1-12-4-6-13(7-5-12)14(19(2)3)10-16-11-15-17-8-9-18-15/h4-9,14,16H,10-11H2,1-3H3,(H,17,18). The number of aromatic nitrogens is 2. The summed E-state index contributed by atoms with van der Waals surface area (Å²) in [4.78, 5) is 9.55. The molecule has 19 heavy (non-hydrogen) atoms. The summed E-state index contributed by atoms with van der Waals surface area (Å²) in [5, 5.41) is 3.45. The molecule has 0 aliphatic carbocycles. The Morgan fingerprint density at radius 1 is 1.26 bits per heavy atom. The highest BCUT2D eigenvalue weighted by Crippen LogP contribution is 2.17. The van der Waals surface area contributed by atoms with Gasteiger partial charge < -0.3 is 15.2 Å². The molecule has 2 aromatic rings. The van der Waals surface area contributed by atoms with Gasteiger partial charge in [-0.15, -0.1) is 0 Å². The van der Waals surface area contributed by atoms with Crippen LogP contribution in [-0.4, -0.2) is 35.5 Å². The van der Waals surface area contributed by atoms with E-state index in [1.165, 1.54) is 11.1 Å². The van der Waals surface area contributed by atoms with Crippen LogP contribution >= 0.6 is 0 Å². The van der Waals surface area contributed by atoms with Gasteiger partial charge in [0.2, 0.25) is 0 Å². The number of nitrogens with zero attached hydrogens (tertiary/aromatic N) is 2. The van der Waals surface area contributed by atoms with Crippen molar-refractivity contribution in [3.8, 4) is 0 Å². The van der Waals surface area contributed by atoms with Crippen LogP contribution in [0.4, 0.5) is 0 Å². The third-order valence-electron chi connectivity index (χ3n) is 3.27. The molecule has 2 N–H and O–H groups in total. The van der Waals surface area contributed by atoms with Crippen molar-refractivity contribution in [1.82, 2.24) is 20.2 Å². The number of rotatable bonds is 6. The van der Waals surface area contributed by atoms with Crippen molar-refractivity contribution in [1.29, 1.82) is 0 Å². The molecule has 1 atom stereocenters.